The number of benzene rings is 3. The molecule has 1 nitrogen and oxygen atoms in total. The molecule has 3 aromatic rings. The highest BCUT2D eigenvalue weighted by atomic mass is 15.1. The van der Waals surface area contributed by atoms with Gasteiger partial charge in [0.05, 0.1) is 0 Å². The molecule has 124 valence electrons. The van der Waals surface area contributed by atoms with Gasteiger partial charge in [0.25, 0.3) is 0 Å². The van der Waals surface area contributed by atoms with Gasteiger partial charge in [0.15, 0.2) is 0 Å². The van der Waals surface area contributed by atoms with Crippen LogP contribution in [-0.2, 0) is 32.1 Å². The summed E-state index contributed by atoms with van der Waals surface area (Å²) in [5.74, 6) is 0. The Balaban J connectivity index is 1.62. The average Bonchev–Trinajstić information content (AvgIpc) is 2.60. The lowest BCUT2D eigenvalue weighted by Gasteiger charge is -2.30. The van der Waals surface area contributed by atoms with Gasteiger partial charge in [-0.1, -0.05) is 31.2 Å². The van der Waals surface area contributed by atoms with Crippen molar-refractivity contribution < 1.29 is 0 Å². The van der Waals surface area contributed by atoms with Crippen LogP contribution in [0.1, 0.15) is 34.7 Å². The van der Waals surface area contributed by atoms with Crippen LogP contribution >= 0.6 is 0 Å². The highest BCUT2D eigenvalue weighted by Gasteiger charge is 2.20. The first-order valence-electron chi connectivity index (χ1n) is 9.44. The van der Waals surface area contributed by atoms with Gasteiger partial charge >= 0.3 is 0 Å². The van der Waals surface area contributed by atoms with Gasteiger partial charge in [-0.25, -0.2) is 0 Å². The average molecular weight is 325 g/mol. The maximum Gasteiger partial charge on any atom is 0.0464 e. The molecular weight excluding hydrogens is 302 g/mol. The molecule has 1 heteroatoms. The lowest BCUT2D eigenvalue weighted by molar-refractivity contribution is 0.836. The van der Waals surface area contributed by atoms with Crippen molar-refractivity contribution in [3.05, 3.63) is 88.5 Å². The number of hydrogen-bond donors (Lipinski definition) is 0. The van der Waals surface area contributed by atoms with E-state index in [1.165, 1.54) is 70.6 Å². The van der Waals surface area contributed by atoms with Crippen molar-refractivity contribution in [2.75, 3.05) is 4.90 Å². The van der Waals surface area contributed by atoms with Crippen LogP contribution in [0.15, 0.2) is 60.7 Å². The molecule has 5 rings (SSSR count). The monoisotopic (exact) mass is 325 g/mol. The topological polar surface area (TPSA) is 3.24 Å². The van der Waals surface area contributed by atoms with Crippen LogP contribution in [0.2, 0.25) is 0 Å². The van der Waals surface area contributed by atoms with Crippen LogP contribution in [0, 0.1) is 0 Å². The second kappa shape index (κ2) is 5.77. The molecule has 3 aromatic carbocycles. The van der Waals surface area contributed by atoms with Gasteiger partial charge in [0, 0.05) is 17.1 Å². The van der Waals surface area contributed by atoms with E-state index >= 15 is 0 Å². The first-order chi connectivity index (χ1) is 12.3. The Morgan fingerprint density at radius 2 is 1.08 bits per heavy atom. The zero-order chi connectivity index (χ0) is 16.8. The number of fused-ring (bicyclic) bond motifs is 2. The molecule has 0 N–H and O–H groups in total. The number of anilines is 3. The number of aryl methyl sites for hydroxylation is 5. The zero-order valence-electron chi connectivity index (χ0n) is 14.8. The van der Waals surface area contributed by atoms with E-state index in [1.54, 1.807) is 0 Å². The molecule has 0 aliphatic heterocycles. The van der Waals surface area contributed by atoms with E-state index in [-0.39, 0.29) is 0 Å². The standard InChI is InChI=1S/C24H23N/c1-2-17-3-11-22(12-4-17)25(23-13-9-18-5-7-20(18)15-23)24-14-10-19-6-8-21(19)16-24/h3-4,9-16H,2,5-8H2,1H3. The summed E-state index contributed by atoms with van der Waals surface area (Å²) < 4.78 is 0. The van der Waals surface area contributed by atoms with Gasteiger partial charge in [-0.3, -0.25) is 0 Å². The van der Waals surface area contributed by atoms with Crippen LogP contribution in [0.25, 0.3) is 0 Å². The van der Waals surface area contributed by atoms with Crippen molar-refractivity contribution in [3.63, 3.8) is 0 Å². The molecule has 0 fully saturated rings. The van der Waals surface area contributed by atoms with E-state index in [1.807, 2.05) is 0 Å². The maximum atomic E-state index is 2.41. The number of rotatable bonds is 4. The zero-order valence-corrected chi connectivity index (χ0v) is 14.8. The Hall–Kier alpha value is -2.54. The molecule has 0 atom stereocenters. The SMILES string of the molecule is CCc1ccc(N(c2ccc3c(c2)CC3)c2ccc3c(c2)CC3)cc1. The fourth-order valence-corrected chi connectivity index (χ4v) is 3.97. The normalized spacial score (nSPS) is 14.1. The molecule has 0 spiro atoms. The van der Waals surface area contributed by atoms with Gasteiger partial charge in [-0.05, 0) is 96.3 Å². The summed E-state index contributed by atoms with van der Waals surface area (Å²) in [4.78, 5) is 2.41. The van der Waals surface area contributed by atoms with Gasteiger partial charge in [0.1, 0.15) is 0 Å². The summed E-state index contributed by atoms with van der Waals surface area (Å²) in [6, 6.07) is 23.0. The molecule has 2 aliphatic rings. The summed E-state index contributed by atoms with van der Waals surface area (Å²) in [7, 11) is 0. The lowest BCUT2D eigenvalue weighted by atomic mass is 9.87. The third-order valence-electron chi connectivity index (χ3n) is 5.83. The predicted octanol–water partition coefficient (Wildman–Crippen LogP) is 5.92. The first kappa shape index (κ1) is 14.8. The van der Waals surface area contributed by atoms with E-state index in [2.05, 4.69) is 72.5 Å². The second-order valence-corrected chi connectivity index (χ2v) is 7.26. The Bertz CT molecular complexity index is 881. The third kappa shape index (κ3) is 2.46. The molecule has 0 unspecified atom stereocenters. The Kier molecular flexibility index (Phi) is 3.41. The highest BCUT2D eigenvalue weighted by Crippen LogP contribution is 2.39. The minimum atomic E-state index is 1.08. The molecule has 0 radical (unpaired) electrons. The molecule has 25 heavy (non-hydrogen) atoms. The molecule has 0 bridgehead atoms. The summed E-state index contributed by atoms with van der Waals surface area (Å²) in [5, 5.41) is 0. The molecule has 2 aliphatic carbocycles. The molecule has 0 amide bonds. The predicted molar refractivity (Wildman–Crippen MR) is 105 cm³/mol. The van der Waals surface area contributed by atoms with Crippen molar-refractivity contribution >= 4 is 17.1 Å². The first-order valence-corrected chi connectivity index (χ1v) is 9.44. The van der Waals surface area contributed by atoms with Crippen molar-refractivity contribution in [1.82, 2.24) is 0 Å². The van der Waals surface area contributed by atoms with Crippen molar-refractivity contribution in [1.29, 1.82) is 0 Å². The van der Waals surface area contributed by atoms with Crippen LogP contribution in [0.4, 0.5) is 17.1 Å². The van der Waals surface area contributed by atoms with Crippen molar-refractivity contribution in [3.8, 4) is 0 Å². The van der Waals surface area contributed by atoms with E-state index in [0.29, 0.717) is 0 Å². The van der Waals surface area contributed by atoms with Crippen LogP contribution in [0.5, 0.6) is 0 Å². The van der Waals surface area contributed by atoms with Crippen LogP contribution in [-0.4, -0.2) is 0 Å². The number of hydrogen-bond acceptors (Lipinski definition) is 1. The molecule has 0 heterocycles. The molecule has 0 saturated carbocycles. The smallest absolute Gasteiger partial charge is 0.0464 e. The lowest BCUT2D eigenvalue weighted by Crippen LogP contribution is -2.15. The van der Waals surface area contributed by atoms with E-state index < -0.39 is 0 Å². The maximum absolute atomic E-state index is 2.41. The van der Waals surface area contributed by atoms with E-state index in [9.17, 15) is 0 Å². The molecule has 0 saturated heterocycles. The van der Waals surface area contributed by atoms with Crippen LogP contribution < -0.4 is 4.90 Å². The van der Waals surface area contributed by atoms with Crippen molar-refractivity contribution in [2.24, 2.45) is 0 Å². The molecular formula is C24H23N. The van der Waals surface area contributed by atoms with Gasteiger partial charge in [-0.2, -0.15) is 0 Å². The summed E-state index contributed by atoms with van der Waals surface area (Å²) in [5.41, 5.74) is 11.2. The molecule has 0 aromatic heterocycles. The quantitative estimate of drug-likeness (QED) is 0.576. The van der Waals surface area contributed by atoms with Gasteiger partial charge < -0.3 is 4.90 Å². The van der Waals surface area contributed by atoms with Gasteiger partial charge in [-0.15, -0.1) is 0 Å². The minimum absolute atomic E-state index is 1.08. The summed E-state index contributed by atoms with van der Waals surface area (Å²) >= 11 is 0. The Morgan fingerprint density at radius 1 is 0.600 bits per heavy atom. The van der Waals surface area contributed by atoms with E-state index in [4.69, 9.17) is 0 Å². The number of nitrogens with zero attached hydrogens (tertiary/aromatic N) is 1. The fraction of sp³-hybridized carbons (Fsp3) is 0.250. The second-order valence-electron chi connectivity index (χ2n) is 7.26. The Labute approximate surface area is 149 Å². The van der Waals surface area contributed by atoms with Crippen LogP contribution in [0.3, 0.4) is 0 Å². The Morgan fingerprint density at radius 3 is 1.48 bits per heavy atom. The third-order valence-corrected chi connectivity index (χ3v) is 5.83. The largest absolute Gasteiger partial charge is 0.310 e. The summed E-state index contributed by atoms with van der Waals surface area (Å²) in [6.07, 6.45) is 5.99. The summed E-state index contributed by atoms with van der Waals surface area (Å²) in [6.45, 7) is 2.21. The van der Waals surface area contributed by atoms with E-state index in [0.717, 1.165) is 6.42 Å². The van der Waals surface area contributed by atoms with Gasteiger partial charge in [0.2, 0.25) is 0 Å². The minimum Gasteiger partial charge on any atom is -0.310 e. The van der Waals surface area contributed by atoms with Crippen molar-refractivity contribution in [2.45, 2.75) is 39.0 Å². The fourth-order valence-electron chi connectivity index (χ4n) is 3.97. The highest BCUT2D eigenvalue weighted by molar-refractivity contribution is 5.78.